The number of allylic oxidation sites excluding steroid dienone is 2. The Hall–Kier alpha value is -2.63. The summed E-state index contributed by atoms with van der Waals surface area (Å²) in [5.41, 5.74) is -1.40. The van der Waals surface area contributed by atoms with Gasteiger partial charge in [0, 0.05) is 0 Å². The van der Waals surface area contributed by atoms with E-state index in [9.17, 15) is 13.9 Å². The summed E-state index contributed by atoms with van der Waals surface area (Å²) in [6, 6.07) is 5.39. The van der Waals surface area contributed by atoms with Crippen LogP contribution in [0, 0.1) is 45.6 Å². The zero-order valence-electron chi connectivity index (χ0n) is 9.00. The van der Waals surface area contributed by atoms with Gasteiger partial charge in [0.05, 0.1) is 10.2 Å². The quantitative estimate of drug-likeness (QED) is 0.494. The molecule has 0 aliphatic heterocycles. The molecule has 0 radical (unpaired) electrons. The Morgan fingerprint density at radius 1 is 1.16 bits per heavy atom. The van der Waals surface area contributed by atoms with Gasteiger partial charge >= 0.3 is 0 Å². The van der Waals surface area contributed by atoms with Gasteiger partial charge in [0.15, 0.2) is 17.1 Å². The van der Waals surface area contributed by atoms with E-state index in [1.54, 1.807) is 0 Å². The molecule has 0 aliphatic carbocycles. The van der Waals surface area contributed by atoms with Gasteiger partial charge in [-0.2, -0.15) is 20.2 Å². The molecule has 0 atom stereocenters. The van der Waals surface area contributed by atoms with Crippen LogP contribution >= 0.6 is 15.9 Å². The van der Waals surface area contributed by atoms with Crippen LogP contribution in [0.25, 0.3) is 0 Å². The number of phenols is 1. The Morgan fingerprint density at radius 2 is 1.74 bits per heavy atom. The number of phenolic OH excluding ortho intramolecular Hbond substituents is 1. The molecule has 0 aromatic heterocycles. The lowest BCUT2D eigenvalue weighted by atomic mass is 10.2. The molecule has 94 valence electrons. The van der Waals surface area contributed by atoms with Crippen LogP contribution in [0.1, 0.15) is 0 Å². The van der Waals surface area contributed by atoms with Crippen molar-refractivity contribution >= 4 is 21.6 Å². The first kappa shape index (κ1) is 14.4. The molecule has 5 nitrogen and oxygen atoms in total. The van der Waals surface area contributed by atoms with Crippen LogP contribution in [-0.2, 0) is 0 Å². The Bertz CT molecular complexity index is 679. The molecule has 1 aromatic rings. The number of hydrogen-bond donors (Lipinski definition) is 2. The summed E-state index contributed by atoms with van der Waals surface area (Å²) in [4.78, 5) is 0. The van der Waals surface area contributed by atoms with Crippen LogP contribution in [0.4, 0.5) is 14.5 Å². The van der Waals surface area contributed by atoms with E-state index in [0.717, 1.165) is 6.07 Å². The van der Waals surface area contributed by atoms with Crippen LogP contribution in [-0.4, -0.2) is 5.11 Å². The highest BCUT2D eigenvalue weighted by atomic mass is 79.9. The number of nitrogens with one attached hydrogen (secondary N) is 1. The molecule has 0 aliphatic rings. The fraction of sp³-hybridized carbons (Fsp3) is 0. The third-order valence-corrected chi connectivity index (χ3v) is 2.56. The minimum atomic E-state index is -1.52. The topological polar surface area (TPSA) is 104 Å². The van der Waals surface area contributed by atoms with Gasteiger partial charge < -0.3 is 10.4 Å². The van der Waals surface area contributed by atoms with Gasteiger partial charge in [0.2, 0.25) is 5.82 Å². The average Bonchev–Trinajstić information content (AvgIpc) is 2.42. The second-order valence-electron chi connectivity index (χ2n) is 3.09. The highest BCUT2D eigenvalue weighted by Gasteiger charge is 2.18. The zero-order valence-corrected chi connectivity index (χ0v) is 10.6. The molecule has 8 heteroatoms. The molecule has 0 unspecified atom stereocenters. The molecule has 0 saturated carbocycles. The van der Waals surface area contributed by atoms with E-state index in [2.05, 4.69) is 21.2 Å². The molecule has 19 heavy (non-hydrogen) atoms. The molecule has 0 fully saturated rings. The van der Waals surface area contributed by atoms with E-state index in [1.165, 1.54) is 18.2 Å². The molecule has 2 N–H and O–H groups in total. The molecular formula is C11H3BrF2N4O. The van der Waals surface area contributed by atoms with Crippen molar-refractivity contribution in [2.45, 2.75) is 0 Å². The molecule has 0 spiro atoms. The van der Waals surface area contributed by atoms with Gasteiger partial charge in [0.1, 0.15) is 23.9 Å². The van der Waals surface area contributed by atoms with Crippen molar-refractivity contribution in [1.29, 1.82) is 15.8 Å². The molecule has 0 heterocycles. The number of aromatic hydroxyl groups is 1. The van der Waals surface area contributed by atoms with E-state index in [-0.39, 0.29) is 10.2 Å². The second-order valence-corrected chi connectivity index (χ2v) is 3.95. The van der Waals surface area contributed by atoms with E-state index < -0.39 is 28.7 Å². The van der Waals surface area contributed by atoms with Crippen molar-refractivity contribution in [3.8, 4) is 24.0 Å². The lowest BCUT2D eigenvalue weighted by molar-refractivity contribution is 0.407. The highest BCUT2D eigenvalue weighted by molar-refractivity contribution is 9.10. The van der Waals surface area contributed by atoms with Gasteiger partial charge in [-0.15, -0.1) is 0 Å². The van der Waals surface area contributed by atoms with Crippen molar-refractivity contribution in [2.24, 2.45) is 0 Å². The summed E-state index contributed by atoms with van der Waals surface area (Å²) in [5, 5.41) is 37.5. The van der Waals surface area contributed by atoms with E-state index in [1.807, 2.05) is 0 Å². The summed E-state index contributed by atoms with van der Waals surface area (Å²) in [6.07, 6.45) is 0. The van der Waals surface area contributed by atoms with Gasteiger partial charge in [-0.1, -0.05) is 0 Å². The maximum Gasteiger partial charge on any atom is 0.203 e. The summed E-state index contributed by atoms with van der Waals surface area (Å²) < 4.78 is 26.0. The lowest BCUT2D eigenvalue weighted by Gasteiger charge is -2.09. The van der Waals surface area contributed by atoms with Gasteiger partial charge in [-0.25, -0.2) is 4.39 Å². The lowest BCUT2D eigenvalue weighted by Crippen LogP contribution is -2.02. The van der Waals surface area contributed by atoms with E-state index in [0.29, 0.717) is 0 Å². The summed E-state index contributed by atoms with van der Waals surface area (Å²) in [6.45, 7) is 0. The van der Waals surface area contributed by atoms with Crippen molar-refractivity contribution < 1.29 is 13.9 Å². The molecule has 0 bridgehead atoms. The van der Waals surface area contributed by atoms with E-state index >= 15 is 0 Å². The van der Waals surface area contributed by atoms with Crippen molar-refractivity contribution in [1.82, 2.24) is 0 Å². The molecule has 1 rings (SSSR count). The third kappa shape index (κ3) is 2.79. The number of benzene rings is 1. The first-order valence-corrected chi connectivity index (χ1v) is 5.33. The number of nitrogens with zero attached hydrogens (tertiary/aromatic N) is 3. The van der Waals surface area contributed by atoms with Gasteiger partial charge in [0.25, 0.3) is 0 Å². The molecular weight excluding hydrogens is 322 g/mol. The fourth-order valence-corrected chi connectivity index (χ4v) is 1.50. The Balaban J connectivity index is 3.38. The van der Waals surface area contributed by atoms with Crippen LogP contribution in [0.3, 0.4) is 0 Å². The van der Waals surface area contributed by atoms with Crippen molar-refractivity contribution in [3.05, 3.63) is 33.4 Å². The number of rotatable bonds is 2. The number of hydrogen-bond acceptors (Lipinski definition) is 5. The average molecular weight is 325 g/mol. The van der Waals surface area contributed by atoms with Gasteiger partial charge in [-0.3, -0.25) is 0 Å². The first-order chi connectivity index (χ1) is 8.96. The Labute approximate surface area is 114 Å². The normalized spacial score (nSPS) is 8.84. The number of halogens is 3. The minimum Gasteiger partial charge on any atom is -0.503 e. The molecule has 0 amide bonds. The van der Waals surface area contributed by atoms with Crippen LogP contribution < -0.4 is 5.32 Å². The Kier molecular flexibility index (Phi) is 4.41. The van der Waals surface area contributed by atoms with Crippen LogP contribution in [0.2, 0.25) is 0 Å². The zero-order chi connectivity index (χ0) is 14.6. The monoisotopic (exact) mass is 324 g/mol. The summed E-state index contributed by atoms with van der Waals surface area (Å²) in [7, 11) is 0. The predicted octanol–water partition coefficient (Wildman–Crippen LogP) is 2.67. The van der Waals surface area contributed by atoms with Crippen LogP contribution in [0.15, 0.2) is 21.8 Å². The molecule has 0 saturated heterocycles. The molecule has 1 aromatic carbocycles. The third-order valence-electron chi connectivity index (χ3n) is 1.98. The minimum absolute atomic E-state index is 0.293. The number of anilines is 1. The van der Waals surface area contributed by atoms with Crippen molar-refractivity contribution in [2.75, 3.05) is 5.32 Å². The standard InChI is InChI=1S/C11H3BrF2N4O/c12-6-1-7(11(19)10(14)9(6)13)18-8(4-17)5(2-15)3-16/h1,18-19H. The first-order valence-electron chi connectivity index (χ1n) is 4.54. The summed E-state index contributed by atoms with van der Waals surface area (Å²) in [5.74, 6) is -3.89. The maximum absolute atomic E-state index is 13.2. The van der Waals surface area contributed by atoms with E-state index in [4.69, 9.17) is 15.8 Å². The fourth-order valence-electron chi connectivity index (χ4n) is 1.10. The highest BCUT2D eigenvalue weighted by Crippen LogP contribution is 2.34. The SMILES string of the molecule is N#CC(C#N)=C(C#N)Nc1cc(Br)c(F)c(F)c1O. The van der Waals surface area contributed by atoms with Gasteiger partial charge in [-0.05, 0) is 22.0 Å². The summed E-state index contributed by atoms with van der Waals surface area (Å²) >= 11 is 2.72. The van der Waals surface area contributed by atoms with Crippen LogP contribution in [0.5, 0.6) is 5.75 Å². The van der Waals surface area contributed by atoms with Crippen molar-refractivity contribution in [3.63, 3.8) is 0 Å². The maximum atomic E-state index is 13.2. The largest absolute Gasteiger partial charge is 0.503 e. The smallest absolute Gasteiger partial charge is 0.203 e. The second kappa shape index (κ2) is 5.81. The Morgan fingerprint density at radius 3 is 2.21 bits per heavy atom. The predicted molar refractivity (Wildman–Crippen MR) is 63.2 cm³/mol. The number of nitriles is 3.